The summed E-state index contributed by atoms with van der Waals surface area (Å²) in [5.41, 5.74) is 0. The van der Waals surface area contributed by atoms with Crippen molar-refractivity contribution in [3.8, 4) is 0 Å². The molecule has 0 aromatic carbocycles. The van der Waals surface area contributed by atoms with E-state index in [1.807, 2.05) is 0 Å². The third-order valence-corrected chi connectivity index (χ3v) is 4.63. The summed E-state index contributed by atoms with van der Waals surface area (Å²) in [6.45, 7) is 3.07. The molecule has 3 heteroatoms. The molecule has 4 rings (SSSR count). The first kappa shape index (κ1) is 10.5. The molecule has 2 aliphatic heterocycles. The molecule has 3 nitrogen and oxygen atoms in total. The fourth-order valence-corrected chi connectivity index (χ4v) is 3.93. The summed E-state index contributed by atoms with van der Waals surface area (Å²) in [6, 6.07) is -0.0181. The molecular formula is C13H19NO2. The largest absolute Gasteiger partial charge is 0.307 e. The number of hydrogen-bond donors (Lipinski definition) is 1. The van der Waals surface area contributed by atoms with Crippen LogP contribution in [0.15, 0.2) is 0 Å². The van der Waals surface area contributed by atoms with Gasteiger partial charge in [-0.2, -0.15) is 0 Å². The van der Waals surface area contributed by atoms with Gasteiger partial charge in [-0.15, -0.1) is 0 Å². The van der Waals surface area contributed by atoms with Gasteiger partial charge in [-0.3, -0.25) is 9.59 Å². The highest BCUT2D eigenvalue weighted by molar-refractivity contribution is 5.89. The topological polar surface area (TPSA) is 46.2 Å². The van der Waals surface area contributed by atoms with Crippen LogP contribution < -0.4 is 5.32 Å². The summed E-state index contributed by atoms with van der Waals surface area (Å²) in [7, 11) is 0. The normalized spacial score (nSPS) is 47.7. The number of nitrogens with one attached hydrogen (secondary N) is 1. The summed E-state index contributed by atoms with van der Waals surface area (Å²) in [5, 5.41) is 3.37. The highest BCUT2D eigenvalue weighted by Gasteiger charge is 2.47. The maximum absolute atomic E-state index is 12.1. The second kappa shape index (κ2) is 3.66. The lowest BCUT2D eigenvalue weighted by molar-refractivity contribution is -0.130. The van der Waals surface area contributed by atoms with E-state index in [9.17, 15) is 9.59 Å². The first-order chi connectivity index (χ1) is 7.65. The Kier molecular flexibility index (Phi) is 2.39. The molecule has 4 aliphatic rings. The van der Waals surface area contributed by atoms with Crippen molar-refractivity contribution in [2.24, 2.45) is 23.7 Å². The van der Waals surface area contributed by atoms with E-state index in [0.29, 0.717) is 29.8 Å². The minimum atomic E-state index is -0.0181. The minimum absolute atomic E-state index is 0.0181. The standard InChI is InChI=1S/C13H19NO2/c1-7-2-10-9(11(15)3-7)4-8-5-12(16)13(10)14-6-8/h7-10,13-14H,2-6H2,1H3. The lowest BCUT2D eigenvalue weighted by Gasteiger charge is -2.35. The van der Waals surface area contributed by atoms with Gasteiger partial charge in [-0.1, -0.05) is 6.92 Å². The smallest absolute Gasteiger partial charge is 0.150 e. The fraction of sp³-hybridized carbons (Fsp3) is 0.846. The van der Waals surface area contributed by atoms with Gasteiger partial charge < -0.3 is 5.32 Å². The predicted octanol–water partition coefficient (Wildman–Crippen LogP) is 1.17. The Morgan fingerprint density at radius 3 is 2.69 bits per heavy atom. The second-order valence-corrected chi connectivity index (χ2v) is 5.94. The Hall–Kier alpha value is -0.700. The first-order valence-electron chi connectivity index (χ1n) is 6.44. The molecule has 5 unspecified atom stereocenters. The molecule has 2 bridgehead atoms. The molecule has 0 amide bonds. The molecule has 0 radical (unpaired) electrons. The Bertz CT molecular complexity index is 339. The number of carbonyl (C=O) groups excluding carboxylic acids is 2. The number of rotatable bonds is 0. The van der Waals surface area contributed by atoms with Gasteiger partial charge >= 0.3 is 0 Å². The molecule has 2 aliphatic carbocycles. The summed E-state index contributed by atoms with van der Waals surface area (Å²) in [6.07, 6.45) is 3.43. The number of Topliss-reactive ketones (excluding diaryl/α,β-unsaturated/α-hetero) is 2. The van der Waals surface area contributed by atoms with Crippen LogP contribution >= 0.6 is 0 Å². The molecular weight excluding hydrogens is 202 g/mol. The van der Waals surface area contributed by atoms with E-state index < -0.39 is 0 Å². The van der Waals surface area contributed by atoms with E-state index in [0.717, 1.165) is 25.8 Å². The number of fused-ring (bicyclic) bond motifs is 2. The Morgan fingerprint density at radius 2 is 1.94 bits per heavy atom. The van der Waals surface area contributed by atoms with Crippen LogP contribution in [0.1, 0.15) is 32.6 Å². The fourth-order valence-electron chi connectivity index (χ4n) is 3.93. The van der Waals surface area contributed by atoms with Gasteiger partial charge in [0.1, 0.15) is 11.6 Å². The van der Waals surface area contributed by atoms with E-state index in [-0.39, 0.29) is 17.9 Å². The van der Waals surface area contributed by atoms with Crippen LogP contribution in [0.25, 0.3) is 0 Å². The van der Waals surface area contributed by atoms with Gasteiger partial charge in [0, 0.05) is 18.8 Å². The molecule has 5 atom stereocenters. The molecule has 4 fully saturated rings. The average molecular weight is 221 g/mol. The highest BCUT2D eigenvalue weighted by atomic mass is 16.1. The maximum atomic E-state index is 12.1. The average Bonchev–Trinajstić information content (AvgIpc) is 2.45. The van der Waals surface area contributed by atoms with Crippen molar-refractivity contribution >= 4 is 11.6 Å². The lowest BCUT2D eigenvalue weighted by Crippen LogP contribution is -2.50. The predicted molar refractivity (Wildman–Crippen MR) is 59.9 cm³/mol. The van der Waals surface area contributed by atoms with Gasteiger partial charge in [0.25, 0.3) is 0 Å². The van der Waals surface area contributed by atoms with E-state index in [1.54, 1.807) is 0 Å². The van der Waals surface area contributed by atoms with Crippen molar-refractivity contribution in [2.45, 2.75) is 38.6 Å². The van der Waals surface area contributed by atoms with Crippen molar-refractivity contribution < 1.29 is 9.59 Å². The number of hydrogen-bond acceptors (Lipinski definition) is 3. The van der Waals surface area contributed by atoms with Crippen molar-refractivity contribution in [1.29, 1.82) is 0 Å². The van der Waals surface area contributed by atoms with E-state index in [1.165, 1.54) is 0 Å². The zero-order valence-electron chi connectivity index (χ0n) is 9.74. The molecule has 88 valence electrons. The van der Waals surface area contributed by atoms with Crippen molar-refractivity contribution in [3.63, 3.8) is 0 Å². The van der Waals surface area contributed by atoms with Gasteiger partial charge in [-0.25, -0.2) is 0 Å². The van der Waals surface area contributed by atoms with Crippen LogP contribution in [0.4, 0.5) is 0 Å². The summed E-state index contributed by atoms with van der Waals surface area (Å²) >= 11 is 0. The zero-order valence-corrected chi connectivity index (χ0v) is 9.74. The third kappa shape index (κ3) is 1.53. The molecule has 2 saturated carbocycles. The van der Waals surface area contributed by atoms with Crippen LogP contribution in [0.2, 0.25) is 0 Å². The summed E-state index contributed by atoms with van der Waals surface area (Å²) in [4.78, 5) is 24.0. The Balaban J connectivity index is 1.93. The molecule has 0 aromatic rings. The van der Waals surface area contributed by atoms with Crippen molar-refractivity contribution in [3.05, 3.63) is 0 Å². The molecule has 0 aromatic heterocycles. The second-order valence-electron chi connectivity index (χ2n) is 5.94. The summed E-state index contributed by atoms with van der Waals surface area (Å²) in [5.74, 6) is 2.10. The molecule has 2 saturated heterocycles. The van der Waals surface area contributed by atoms with E-state index in [4.69, 9.17) is 0 Å². The van der Waals surface area contributed by atoms with E-state index >= 15 is 0 Å². The third-order valence-electron chi connectivity index (χ3n) is 4.63. The molecule has 1 N–H and O–H groups in total. The molecule has 16 heavy (non-hydrogen) atoms. The van der Waals surface area contributed by atoms with E-state index in [2.05, 4.69) is 12.2 Å². The lowest BCUT2D eigenvalue weighted by atomic mass is 9.70. The number of piperidine rings is 1. The Labute approximate surface area is 96.0 Å². The monoisotopic (exact) mass is 221 g/mol. The number of ketones is 2. The SMILES string of the molecule is CC1CC(=O)C2CC3CNC(C(=O)C3)C2C1. The highest BCUT2D eigenvalue weighted by Crippen LogP contribution is 2.42. The number of carbonyl (C=O) groups is 2. The van der Waals surface area contributed by atoms with Gasteiger partial charge in [0.2, 0.25) is 0 Å². The van der Waals surface area contributed by atoms with Crippen LogP contribution in [0.3, 0.4) is 0 Å². The van der Waals surface area contributed by atoms with Crippen LogP contribution in [-0.2, 0) is 9.59 Å². The Morgan fingerprint density at radius 1 is 1.12 bits per heavy atom. The van der Waals surface area contributed by atoms with Crippen molar-refractivity contribution in [2.75, 3.05) is 6.54 Å². The molecule has 2 heterocycles. The first-order valence-corrected chi connectivity index (χ1v) is 6.44. The van der Waals surface area contributed by atoms with Crippen LogP contribution in [0.5, 0.6) is 0 Å². The van der Waals surface area contributed by atoms with Crippen LogP contribution in [-0.4, -0.2) is 24.2 Å². The zero-order chi connectivity index (χ0) is 11.3. The quantitative estimate of drug-likeness (QED) is 0.668. The molecule has 0 spiro atoms. The summed E-state index contributed by atoms with van der Waals surface area (Å²) < 4.78 is 0. The van der Waals surface area contributed by atoms with Crippen LogP contribution in [0, 0.1) is 23.7 Å². The minimum Gasteiger partial charge on any atom is -0.307 e. The van der Waals surface area contributed by atoms with Crippen molar-refractivity contribution in [1.82, 2.24) is 5.32 Å². The maximum Gasteiger partial charge on any atom is 0.150 e. The van der Waals surface area contributed by atoms with Gasteiger partial charge in [0.05, 0.1) is 6.04 Å². The van der Waals surface area contributed by atoms with Gasteiger partial charge in [0.15, 0.2) is 0 Å². The van der Waals surface area contributed by atoms with Gasteiger partial charge in [-0.05, 0) is 37.1 Å².